The second kappa shape index (κ2) is 7.02. The van der Waals surface area contributed by atoms with Crippen LogP contribution >= 0.6 is 0 Å². The average molecular weight is 305 g/mol. The normalized spacial score (nSPS) is 19.5. The Labute approximate surface area is 128 Å². The summed E-state index contributed by atoms with van der Waals surface area (Å²) in [6.07, 6.45) is 3.08. The van der Waals surface area contributed by atoms with Gasteiger partial charge in [0.1, 0.15) is 5.76 Å². The number of nitrogens with zero attached hydrogens (tertiary/aromatic N) is 2. The number of imide groups is 2. The van der Waals surface area contributed by atoms with E-state index < -0.39 is 23.8 Å². The van der Waals surface area contributed by atoms with E-state index >= 15 is 0 Å². The van der Waals surface area contributed by atoms with Crippen molar-refractivity contribution in [1.82, 2.24) is 10.2 Å². The molecule has 1 fully saturated rings. The third-order valence-corrected chi connectivity index (χ3v) is 3.47. The van der Waals surface area contributed by atoms with Crippen LogP contribution in [0.4, 0.5) is 4.79 Å². The molecule has 1 aromatic heterocycles. The van der Waals surface area contributed by atoms with Crippen LogP contribution in [0.5, 0.6) is 0 Å². The lowest BCUT2D eigenvalue weighted by Crippen LogP contribution is -2.59. The van der Waals surface area contributed by atoms with Gasteiger partial charge in [-0.3, -0.25) is 24.8 Å². The highest BCUT2D eigenvalue weighted by molar-refractivity contribution is 6.27. The first-order valence-electron chi connectivity index (χ1n) is 7.24. The molecule has 0 radical (unpaired) electrons. The molecular formula is C15H19N3O4. The van der Waals surface area contributed by atoms with Crippen molar-refractivity contribution in [2.75, 3.05) is 6.54 Å². The first kappa shape index (κ1) is 15.9. The number of urea groups is 1. The molecule has 118 valence electrons. The van der Waals surface area contributed by atoms with Crippen LogP contribution < -0.4 is 5.32 Å². The lowest BCUT2D eigenvalue weighted by atomic mass is 9.99. The Morgan fingerprint density at radius 3 is 2.82 bits per heavy atom. The number of barbiturate groups is 1. The number of aliphatic imine (C=N–C) groups is 1. The van der Waals surface area contributed by atoms with Crippen LogP contribution in [0.1, 0.15) is 32.4 Å². The molecule has 22 heavy (non-hydrogen) atoms. The van der Waals surface area contributed by atoms with Gasteiger partial charge in [0.15, 0.2) is 5.92 Å². The van der Waals surface area contributed by atoms with E-state index in [-0.39, 0.29) is 6.54 Å². The van der Waals surface area contributed by atoms with Gasteiger partial charge in [-0.25, -0.2) is 4.79 Å². The fraction of sp³-hybridized carbons (Fsp3) is 0.467. The van der Waals surface area contributed by atoms with Gasteiger partial charge >= 0.3 is 6.03 Å². The molecule has 0 aliphatic carbocycles. The van der Waals surface area contributed by atoms with E-state index in [1.54, 1.807) is 19.1 Å². The first-order valence-corrected chi connectivity index (χ1v) is 7.24. The Hall–Kier alpha value is -2.44. The molecular weight excluding hydrogens is 286 g/mol. The predicted molar refractivity (Wildman–Crippen MR) is 79.2 cm³/mol. The van der Waals surface area contributed by atoms with E-state index in [9.17, 15) is 14.4 Å². The molecule has 2 rings (SSSR count). The first-order chi connectivity index (χ1) is 10.5. The molecule has 1 N–H and O–H groups in total. The molecule has 0 saturated carbocycles. The molecule has 1 saturated heterocycles. The van der Waals surface area contributed by atoms with Gasteiger partial charge < -0.3 is 4.42 Å². The summed E-state index contributed by atoms with van der Waals surface area (Å²) in [5.41, 5.74) is 0.368. The molecule has 7 nitrogen and oxygen atoms in total. The molecule has 0 unspecified atom stereocenters. The minimum absolute atomic E-state index is 0.249. The summed E-state index contributed by atoms with van der Waals surface area (Å²) in [6, 6.07) is 2.85. The Balaban J connectivity index is 2.13. The van der Waals surface area contributed by atoms with Crippen molar-refractivity contribution in [1.29, 1.82) is 0 Å². The van der Waals surface area contributed by atoms with Gasteiger partial charge in [-0.1, -0.05) is 13.3 Å². The number of furan rings is 1. The quantitative estimate of drug-likeness (QED) is 0.640. The number of hydrogen-bond donors (Lipinski definition) is 1. The lowest BCUT2D eigenvalue weighted by Gasteiger charge is -2.30. The molecule has 0 bridgehead atoms. The summed E-state index contributed by atoms with van der Waals surface area (Å²) in [7, 11) is 0. The Morgan fingerprint density at radius 2 is 2.18 bits per heavy atom. The summed E-state index contributed by atoms with van der Waals surface area (Å²) in [4.78, 5) is 41.4. The zero-order valence-electron chi connectivity index (χ0n) is 12.7. The highest BCUT2D eigenvalue weighted by Gasteiger charge is 2.41. The van der Waals surface area contributed by atoms with Crippen LogP contribution in [0.25, 0.3) is 0 Å². The Bertz CT molecular complexity index is 592. The predicted octanol–water partition coefficient (Wildman–Crippen LogP) is 1.74. The third-order valence-electron chi connectivity index (χ3n) is 3.47. The number of nitrogens with one attached hydrogen (secondary N) is 1. The monoisotopic (exact) mass is 305 g/mol. The highest BCUT2D eigenvalue weighted by atomic mass is 16.3. The Kier molecular flexibility index (Phi) is 5.08. The van der Waals surface area contributed by atoms with Gasteiger partial charge in [-0.15, -0.1) is 0 Å². The maximum atomic E-state index is 12.4. The van der Waals surface area contributed by atoms with E-state index in [0.29, 0.717) is 24.4 Å². The number of amides is 4. The van der Waals surface area contributed by atoms with Crippen molar-refractivity contribution < 1.29 is 18.8 Å². The van der Waals surface area contributed by atoms with Gasteiger partial charge in [0.2, 0.25) is 11.8 Å². The minimum Gasteiger partial charge on any atom is -0.467 e. The van der Waals surface area contributed by atoms with Gasteiger partial charge in [-0.2, -0.15) is 0 Å². The van der Waals surface area contributed by atoms with Crippen molar-refractivity contribution in [3.63, 3.8) is 0 Å². The fourth-order valence-electron chi connectivity index (χ4n) is 2.21. The topological polar surface area (TPSA) is 92.0 Å². The largest absolute Gasteiger partial charge is 0.467 e. The molecule has 0 spiro atoms. The zero-order chi connectivity index (χ0) is 16.1. The van der Waals surface area contributed by atoms with E-state index in [2.05, 4.69) is 10.3 Å². The van der Waals surface area contributed by atoms with Gasteiger partial charge in [0, 0.05) is 12.3 Å². The SMILES string of the molecule is CCCCN1C(=O)NC(=O)[C@@H](C(C)=NCc2ccco2)C1=O. The van der Waals surface area contributed by atoms with Crippen molar-refractivity contribution in [3.8, 4) is 0 Å². The van der Waals surface area contributed by atoms with Crippen LogP contribution in [-0.4, -0.2) is 35.0 Å². The minimum atomic E-state index is -1.05. The van der Waals surface area contributed by atoms with Crippen LogP contribution in [0.3, 0.4) is 0 Å². The number of unbranched alkanes of at least 4 members (excludes halogenated alkanes) is 1. The van der Waals surface area contributed by atoms with Gasteiger partial charge in [-0.05, 0) is 25.5 Å². The number of carbonyl (C=O) groups is 3. The standard InChI is InChI=1S/C15H19N3O4/c1-3-4-7-18-14(20)12(13(19)17-15(18)21)10(2)16-9-11-6-5-8-22-11/h5-6,8,12H,3-4,7,9H2,1-2H3,(H,17,19,21)/t12-/m1/s1. The van der Waals surface area contributed by atoms with Crippen molar-refractivity contribution in [2.45, 2.75) is 33.2 Å². The molecule has 1 aliphatic heterocycles. The van der Waals surface area contributed by atoms with Crippen molar-refractivity contribution >= 4 is 23.6 Å². The third kappa shape index (κ3) is 3.41. The summed E-state index contributed by atoms with van der Waals surface area (Å²) in [5, 5.41) is 2.22. The second-order valence-electron chi connectivity index (χ2n) is 5.11. The van der Waals surface area contributed by atoms with Gasteiger partial charge in [0.25, 0.3) is 0 Å². The Morgan fingerprint density at radius 1 is 1.41 bits per heavy atom. The van der Waals surface area contributed by atoms with Crippen molar-refractivity contribution in [2.24, 2.45) is 10.9 Å². The highest BCUT2D eigenvalue weighted by Crippen LogP contribution is 2.14. The number of hydrogen-bond acceptors (Lipinski definition) is 5. The summed E-state index contributed by atoms with van der Waals surface area (Å²) < 4.78 is 5.16. The second-order valence-corrected chi connectivity index (χ2v) is 5.11. The lowest BCUT2D eigenvalue weighted by molar-refractivity contribution is -0.139. The van der Waals surface area contributed by atoms with Crippen LogP contribution in [-0.2, 0) is 16.1 Å². The smallest absolute Gasteiger partial charge is 0.330 e. The fourth-order valence-corrected chi connectivity index (χ4v) is 2.21. The van der Waals surface area contributed by atoms with Crippen LogP contribution in [0.15, 0.2) is 27.8 Å². The summed E-state index contributed by atoms with van der Waals surface area (Å²) in [6.45, 7) is 4.12. The van der Waals surface area contributed by atoms with E-state index in [1.807, 2.05) is 6.92 Å². The molecule has 2 heterocycles. The average Bonchev–Trinajstić information content (AvgIpc) is 2.98. The molecule has 1 aliphatic rings. The van der Waals surface area contributed by atoms with E-state index in [1.165, 1.54) is 6.26 Å². The number of rotatable bonds is 6. The van der Waals surface area contributed by atoms with Crippen LogP contribution in [0, 0.1) is 5.92 Å². The molecule has 1 aromatic rings. The molecule has 4 amide bonds. The van der Waals surface area contributed by atoms with Gasteiger partial charge in [0.05, 0.1) is 12.8 Å². The zero-order valence-corrected chi connectivity index (χ0v) is 12.7. The van der Waals surface area contributed by atoms with E-state index in [4.69, 9.17) is 4.42 Å². The maximum absolute atomic E-state index is 12.4. The van der Waals surface area contributed by atoms with E-state index in [0.717, 1.165) is 11.3 Å². The summed E-state index contributed by atoms with van der Waals surface area (Å²) in [5.74, 6) is -1.54. The van der Waals surface area contributed by atoms with Crippen LogP contribution in [0.2, 0.25) is 0 Å². The molecule has 0 aromatic carbocycles. The summed E-state index contributed by atoms with van der Waals surface area (Å²) >= 11 is 0. The van der Waals surface area contributed by atoms with Crippen molar-refractivity contribution in [3.05, 3.63) is 24.2 Å². The molecule has 1 atom stereocenters. The maximum Gasteiger partial charge on any atom is 0.330 e. The molecule has 7 heteroatoms. The number of carbonyl (C=O) groups excluding carboxylic acids is 3.